The van der Waals surface area contributed by atoms with Crippen LogP contribution in [0.4, 0.5) is 0 Å². The molecule has 0 saturated carbocycles. The van der Waals surface area contributed by atoms with Gasteiger partial charge in [-0.2, -0.15) is 0 Å². The van der Waals surface area contributed by atoms with Gasteiger partial charge in [-0.3, -0.25) is 4.79 Å². The number of esters is 1. The maximum atomic E-state index is 12.4. The minimum absolute atomic E-state index is 0.0190. The fraction of sp³-hybridized carbons (Fsp3) is 0.731. The van der Waals surface area contributed by atoms with Crippen LogP contribution in [-0.4, -0.2) is 41.0 Å². The first-order valence-electron chi connectivity index (χ1n) is 12.3. The van der Waals surface area contributed by atoms with Gasteiger partial charge in [0.05, 0.1) is 19.6 Å². The highest BCUT2D eigenvalue weighted by atomic mass is 28.4. The van der Waals surface area contributed by atoms with Crippen molar-refractivity contribution in [2.75, 3.05) is 7.11 Å². The Morgan fingerprint density at radius 3 is 1.79 bits per heavy atom. The molecule has 0 radical (unpaired) electrons. The van der Waals surface area contributed by atoms with Crippen LogP contribution in [0.15, 0.2) is 30.3 Å². The zero-order valence-electron chi connectivity index (χ0n) is 23.1. The molecule has 1 aromatic rings. The fourth-order valence-electron chi connectivity index (χ4n) is 2.80. The first-order chi connectivity index (χ1) is 15.0. The summed E-state index contributed by atoms with van der Waals surface area (Å²) in [6, 6.07) is 10.4. The number of hydroxylamine groups is 2. The van der Waals surface area contributed by atoms with E-state index in [1.165, 1.54) is 12.7 Å². The Labute approximate surface area is 205 Å². The number of hydrogen-bond acceptors (Lipinski definition) is 5. The number of carbonyl (C=O) groups excluding carboxylic acids is 1. The summed E-state index contributed by atoms with van der Waals surface area (Å²) in [6.45, 7) is 22.2. The van der Waals surface area contributed by atoms with E-state index < -0.39 is 16.6 Å². The van der Waals surface area contributed by atoms with E-state index in [4.69, 9.17) is 13.8 Å². The first-order valence-corrected chi connectivity index (χ1v) is 18.1. The van der Waals surface area contributed by atoms with Gasteiger partial charge >= 0.3 is 5.97 Å². The molecule has 0 unspecified atom stereocenters. The van der Waals surface area contributed by atoms with Gasteiger partial charge in [-0.1, -0.05) is 83.5 Å². The molecule has 0 amide bonds. The second-order valence-corrected chi connectivity index (χ2v) is 21.6. The summed E-state index contributed by atoms with van der Waals surface area (Å²) in [4.78, 5) is 12.4. The van der Waals surface area contributed by atoms with Crippen molar-refractivity contribution in [3.05, 3.63) is 35.9 Å². The zero-order chi connectivity index (χ0) is 25.5. The molecule has 0 saturated heterocycles. The van der Waals surface area contributed by atoms with Gasteiger partial charge < -0.3 is 13.8 Å². The molecule has 1 rings (SSSR count). The molecule has 1 atom stereocenters. The van der Waals surface area contributed by atoms with Gasteiger partial charge in [0.15, 0.2) is 0 Å². The molecule has 0 N–H and O–H groups in total. The highest BCUT2D eigenvalue weighted by molar-refractivity contribution is 6.74. The standard InChI is InChI=1S/C26H49NO4Si2/c1-25(2,3)32(8,9)30-27(31-33(10,11)26(4,5)6)23(21-24(28)29-7)20-16-15-19-22-17-13-12-14-18-22/h12-14,17-18,23H,15-16,19-21H2,1-11H3/t23-/m1/s1. The lowest BCUT2D eigenvalue weighted by Crippen LogP contribution is -2.55. The number of hydrogen-bond donors (Lipinski definition) is 0. The number of methoxy groups -OCH3 is 1. The Morgan fingerprint density at radius 2 is 1.36 bits per heavy atom. The van der Waals surface area contributed by atoms with Crippen molar-refractivity contribution in [1.82, 2.24) is 5.23 Å². The van der Waals surface area contributed by atoms with Gasteiger partial charge in [0.2, 0.25) is 16.6 Å². The number of ether oxygens (including phenoxy) is 1. The number of carbonyl (C=O) groups is 1. The number of rotatable bonds is 12. The van der Waals surface area contributed by atoms with Crippen molar-refractivity contribution in [2.24, 2.45) is 0 Å². The summed E-state index contributed by atoms with van der Waals surface area (Å²) in [5, 5.41) is 1.78. The van der Waals surface area contributed by atoms with Crippen molar-refractivity contribution >= 4 is 22.6 Å². The molecular weight excluding hydrogens is 446 g/mol. The Kier molecular flexibility index (Phi) is 11.0. The summed E-state index contributed by atoms with van der Waals surface area (Å²) in [5.41, 5.74) is 1.34. The van der Waals surface area contributed by atoms with Crippen LogP contribution in [0.1, 0.15) is 72.8 Å². The number of benzene rings is 1. The van der Waals surface area contributed by atoms with Crippen molar-refractivity contribution in [1.29, 1.82) is 0 Å². The third-order valence-electron chi connectivity index (χ3n) is 7.27. The Balaban J connectivity index is 3.11. The molecule has 0 spiro atoms. The third-order valence-corrected chi connectivity index (χ3v) is 15.8. The summed E-state index contributed by atoms with van der Waals surface area (Å²) in [5.74, 6) is -0.231. The zero-order valence-corrected chi connectivity index (χ0v) is 25.1. The lowest BCUT2D eigenvalue weighted by molar-refractivity contribution is -0.303. The van der Waals surface area contributed by atoms with Crippen molar-refractivity contribution in [3.63, 3.8) is 0 Å². The molecule has 33 heavy (non-hydrogen) atoms. The maximum Gasteiger partial charge on any atom is 0.307 e. The highest BCUT2D eigenvalue weighted by Gasteiger charge is 2.46. The van der Waals surface area contributed by atoms with Crippen LogP contribution in [0.3, 0.4) is 0 Å². The van der Waals surface area contributed by atoms with Crippen molar-refractivity contribution in [2.45, 2.75) is 116 Å². The number of aryl methyl sites for hydroxylation is 1. The van der Waals surface area contributed by atoms with Crippen LogP contribution in [-0.2, 0) is 25.0 Å². The lowest BCUT2D eigenvalue weighted by Gasteiger charge is -2.46. The first kappa shape index (κ1) is 30.0. The molecule has 1 aromatic carbocycles. The van der Waals surface area contributed by atoms with E-state index >= 15 is 0 Å². The fourth-order valence-corrected chi connectivity index (χ4v) is 4.70. The summed E-state index contributed by atoms with van der Waals surface area (Å²) >= 11 is 0. The number of unbranched alkanes of at least 4 members (excludes halogenated alkanes) is 1. The van der Waals surface area contributed by atoms with Crippen LogP contribution in [0, 0.1) is 0 Å². The molecule has 7 heteroatoms. The van der Waals surface area contributed by atoms with Crippen LogP contribution in [0.2, 0.25) is 36.3 Å². The molecule has 0 fully saturated rings. The molecule has 0 heterocycles. The van der Waals surface area contributed by atoms with Crippen LogP contribution in [0.25, 0.3) is 0 Å². The number of nitrogens with zero attached hydrogens (tertiary/aromatic N) is 1. The van der Waals surface area contributed by atoms with Gasteiger partial charge in [-0.15, -0.1) is 0 Å². The predicted molar refractivity (Wildman–Crippen MR) is 143 cm³/mol. The molecule has 0 aromatic heterocycles. The van der Waals surface area contributed by atoms with E-state index in [-0.39, 0.29) is 28.5 Å². The minimum Gasteiger partial charge on any atom is -0.469 e. The molecule has 0 aliphatic carbocycles. The van der Waals surface area contributed by atoms with E-state index in [1.54, 1.807) is 5.23 Å². The van der Waals surface area contributed by atoms with Gasteiger partial charge in [0.25, 0.3) is 0 Å². The van der Waals surface area contributed by atoms with Gasteiger partial charge in [0.1, 0.15) is 0 Å². The van der Waals surface area contributed by atoms with Gasteiger partial charge in [-0.05, 0) is 61.1 Å². The van der Waals surface area contributed by atoms with Crippen LogP contribution >= 0.6 is 0 Å². The summed E-state index contributed by atoms with van der Waals surface area (Å²) in [6.07, 6.45) is 4.12. The van der Waals surface area contributed by atoms with E-state index in [9.17, 15) is 4.79 Å². The molecule has 0 aliphatic rings. The van der Waals surface area contributed by atoms with E-state index in [0.717, 1.165) is 25.7 Å². The molecule has 0 aliphatic heterocycles. The van der Waals surface area contributed by atoms with E-state index in [2.05, 4.69) is 92.0 Å². The van der Waals surface area contributed by atoms with Crippen LogP contribution in [0.5, 0.6) is 0 Å². The Hall–Kier alpha value is -0.996. The molecular formula is C26H49NO4Si2. The highest BCUT2D eigenvalue weighted by Crippen LogP contribution is 2.41. The average Bonchev–Trinajstić information content (AvgIpc) is 2.68. The Morgan fingerprint density at radius 1 is 0.879 bits per heavy atom. The average molecular weight is 496 g/mol. The summed E-state index contributed by atoms with van der Waals surface area (Å²) in [7, 11) is -2.91. The van der Waals surface area contributed by atoms with Crippen molar-refractivity contribution < 1.29 is 18.6 Å². The largest absolute Gasteiger partial charge is 0.469 e. The monoisotopic (exact) mass is 495 g/mol. The van der Waals surface area contributed by atoms with Crippen molar-refractivity contribution in [3.8, 4) is 0 Å². The lowest BCUT2D eigenvalue weighted by atomic mass is 10.0. The second-order valence-electron chi connectivity index (χ2n) is 12.2. The minimum atomic E-state index is -2.18. The SMILES string of the molecule is COC(=O)C[C@@H](CCCCc1ccccc1)N(O[Si](C)(C)C(C)(C)C)O[Si](C)(C)C(C)(C)C. The molecule has 190 valence electrons. The molecule has 5 nitrogen and oxygen atoms in total. The topological polar surface area (TPSA) is 48.0 Å². The molecule has 0 bridgehead atoms. The normalized spacial score (nSPS) is 14.4. The third kappa shape index (κ3) is 9.64. The Bertz CT molecular complexity index is 696. The predicted octanol–water partition coefficient (Wildman–Crippen LogP) is 7.51. The van der Waals surface area contributed by atoms with Gasteiger partial charge in [-0.25, -0.2) is 0 Å². The smallest absolute Gasteiger partial charge is 0.307 e. The van der Waals surface area contributed by atoms with E-state index in [1.807, 2.05) is 6.07 Å². The van der Waals surface area contributed by atoms with Crippen LogP contribution < -0.4 is 0 Å². The second kappa shape index (κ2) is 12.1. The van der Waals surface area contributed by atoms with Gasteiger partial charge in [0, 0.05) is 0 Å². The van der Waals surface area contributed by atoms with E-state index in [0.29, 0.717) is 0 Å². The maximum absolute atomic E-state index is 12.4. The summed E-state index contributed by atoms with van der Waals surface area (Å²) < 4.78 is 18.5. The quantitative estimate of drug-likeness (QED) is 0.130.